The molecule has 1 unspecified atom stereocenters. The summed E-state index contributed by atoms with van der Waals surface area (Å²) in [4.78, 5) is 16.2. The van der Waals surface area contributed by atoms with Crippen LogP contribution in [0.25, 0.3) is 22.6 Å². The predicted molar refractivity (Wildman–Crippen MR) is 93.2 cm³/mol. The first-order chi connectivity index (χ1) is 12.2. The number of fused-ring (bicyclic) bond motifs is 1. The maximum absolute atomic E-state index is 11.7. The number of rotatable bonds is 4. The van der Waals surface area contributed by atoms with Crippen molar-refractivity contribution in [2.75, 3.05) is 6.61 Å². The number of hydrazine groups is 1. The lowest BCUT2D eigenvalue weighted by molar-refractivity contribution is -0.138. The molecule has 2 aromatic carbocycles. The first-order valence-electron chi connectivity index (χ1n) is 8.11. The van der Waals surface area contributed by atoms with Crippen LogP contribution < -0.4 is 10.9 Å². The minimum atomic E-state index is -0.361. The standard InChI is InChI=1S/C19H17N3O3/c1-2-24-19(23)16-11-15(21-22-16)12-7-9-13(10-8-12)18-20-14-5-3-4-6-17(14)25-18/h3-11,15,21-22H,2H2,1H3. The second-order valence-electron chi connectivity index (χ2n) is 5.66. The summed E-state index contributed by atoms with van der Waals surface area (Å²) in [5.74, 6) is 0.230. The van der Waals surface area contributed by atoms with Gasteiger partial charge in [-0.2, -0.15) is 0 Å². The average Bonchev–Trinajstić information content (AvgIpc) is 3.29. The van der Waals surface area contributed by atoms with E-state index in [4.69, 9.17) is 9.15 Å². The Morgan fingerprint density at radius 3 is 2.76 bits per heavy atom. The zero-order valence-corrected chi connectivity index (χ0v) is 13.7. The largest absolute Gasteiger partial charge is 0.461 e. The molecule has 6 nitrogen and oxygen atoms in total. The van der Waals surface area contributed by atoms with Gasteiger partial charge in [0.15, 0.2) is 5.58 Å². The zero-order valence-electron chi connectivity index (χ0n) is 13.7. The second kappa shape index (κ2) is 6.41. The first kappa shape index (κ1) is 15.4. The fourth-order valence-corrected chi connectivity index (χ4v) is 2.74. The summed E-state index contributed by atoms with van der Waals surface area (Å²) in [6.07, 6.45) is 1.81. The highest BCUT2D eigenvalue weighted by molar-refractivity contribution is 5.88. The van der Waals surface area contributed by atoms with Gasteiger partial charge in [0.1, 0.15) is 11.2 Å². The minimum absolute atomic E-state index is 0.0999. The lowest BCUT2D eigenvalue weighted by atomic mass is 10.0. The Kier molecular flexibility index (Phi) is 3.95. The highest BCUT2D eigenvalue weighted by Gasteiger charge is 2.22. The number of aromatic nitrogens is 1. The van der Waals surface area contributed by atoms with Crippen LogP contribution in [0.3, 0.4) is 0 Å². The van der Waals surface area contributed by atoms with Gasteiger partial charge >= 0.3 is 5.97 Å². The Balaban J connectivity index is 1.55. The van der Waals surface area contributed by atoms with Crippen LogP contribution in [0.4, 0.5) is 0 Å². The van der Waals surface area contributed by atoms with Crippen LogP contribution in [0.15, 0.2) is 64.7 Å². The number of carbonyl (C=O) groups is 1. The molecule has 126 valence electrons. The van der Waals surface area contributed by atoms with Crippen LogP contribution in [0.5, 0.6) is 0 Å². The van der Waals surface area contributed by atoms with Crippen molar-refractivity contribution in [2.45, 2.75) is 13.0 Å². The van der Waals surface area contributed by atoms with E-state index in [1.165, 1.54) is 0 Å². The lowest BCUT2D eigenvalue weighted by Crippen LogP contribution is -2.29. The molecule has 0 fully saturated rings. The van der Waals surface area contributed by atoms with Crippen molar-refractivity contribution in [3.05, 3.63) is 65.9 Å². The number of oxazole rings is 1. The Bertz CT molecular complexity index is 911. The number of ether oxygens (including phenoxy) is 1. The number of nitrogens with zero attached hydrogens (tertiary/aromatic N) is 1. The van der Waals surface area contributed by atoms with Gasteiger partial charge in [0.05, 0.1) is 12.6 Å². The molecule has 0 aliphatic carbocycles. The molecule has 1 aromatic heterocycles. The quantitative estimate of drug-likeness (QED) is 0.714. The second-order valence-corrected chi connectivity index (χ2v) is 5.66. The van der Waals surface area contributed by atoms with Crippen molar-refractivity contribution in [2.24, 2.45) is 0 Å². The molecule has 0 amide bonds. The molecule has 0 radical (unpaired) electrons. The smallest absolute Gasteiger partial charge is 0.355 e. The molecule has 0 saturated heterocycles. The van der Waals surface area contributed by atoms with E-state index in [0.717, 1.165) is 22.2 Å². The van der Waals surface area contributed by atoms with Gasteiger partial charge in [-0.15, -0.1) is 0 Å². The third kappa shape index (κ3) is 2.99. The van der Waals surface area contributed by atoms with Crippen molar-refractivity contribution in [3.8, 4) is 11.5 Å². The molecule has 25 heavy (non-hydrogen) atoms. The highest BCUT2D eigenvalue weighted by Crippen LogP contribution is 2.26. The molecule has 0 saturated carbocycles. The van der Waals surface area contributed by atoms with Crippen molar-refractivity contribution in [3.63, 3.8) is 0 Å². The molecule has 2 heterocycles. The summed E-state index contributed by atoms with van der Waals surface area (Å²) in [7, 11) is 0. The molecule has 4 rings (SSSR count). The summed E-state index contributed by atoms with van der Waals surface area (Å²) >= 11 is 0. The van der Waals surface area contributed by atoms with E-state index in [9.17, 15) is 4.79 Å². The van der Waals surface area contributed by atoms with E-state index in [0.29, 0.717) is 18.2 Å². The molecule has 1 aliphatic heterocycles. The molecule has 1 aliphatic rings. The van der Waals surface area contributed by atoms with Gasteiger partial charge in [0.2, 0.25) is 5.89 Å². The maximum Gasteiger partial charge on any atom is 0.355 e. The lowest BCUT2D eigenvalue weighted by Gasteiger charge is -2.09. The van der Waals surface area contributed by atoms with Gasteiger partial charge in [0, 0.05) is 5.56 Å². The van der Waals surface area contributed by atoms with E-state index < -0.39 is 0 Å². The number of carbonyl (C=O) groups excluding carboxylic acids is 1. The van der Waals surface area contributed by atoms with Crippen LogP contribution in [-0.4, -0.2) is 17.6 Å². The fraction of sp³-hybridized carbons (Fsp3) is 0.158. The monoisotopic (exact) mass is 335 g/mol. The number of benzene rings is 2. The van der Waals surface area contributed by atoms with Crippen LogP contribution in [-0.2, 0) is 9.53 Å². The molecular weight excluding hydrogens is 318 g/mol. The van der Waals surface area contributed by atoms with Gasteiger partial charge in [0.25, 0.3) is 0 Å². The van der Waals surface area contributed by atoms with E-state index >= 15 is 0 Å². The molecule has 1 atom stereocenters. The SMILES string of the molecule is CCOC(=O)C1=CC(c2ccc(-c3nc4ccccc4o3)cc2)NN1. The molecule has 0 bridgehead atoms. The number of para-hydroxylation sites is 2. The van der Waals surface area contributed by atoms with E-state index in [1.54, 1.807) is 6.92 Å². The van der Waals surface area contributed by atoms with Gasteiger partial charge in [-0.25, -0.2) is 15.2 Å². The molecule has 3 aromatic rings. The average molecular weight is 335 g/mol. The summed E-state index contributed by atoms with van der Waals surface area (Å²) in [6.45, 7) is 2.13. The third-order valence-electron chi connectivity index (χ3n) is 4.00. The summed E-state index contributed by atoms with van der Waals surface area (Å²) in [5.41, 5.74) is 9.88. The Labute approximate surface area is 144 Å². The molecule has 6 heteroatoms. The number of esters is 1. The Morgan fingerprint density at radius 2 is 2.00 bits per heavy atom. The van der Waals surface area contributed by atoms with Crippen LogP contribution in [0, 0.1) is 0 Å². The van der Waals surface area contributed by atoms with Crippen LogP contribution >= 0.6 is 0 Å². The third-order valence-corrected chi connectivity index (χ3v) is 4.00. The molecule has 2 N–H and O–H groups in total. The Hall–Kier alpha value is -3.12. The maximum atomic E-state index is 11.7. The highest BCUT2D eigenvalue weighted by atomic mass is 16.5. The number of hydrogen-bond donors (Lipinski definition) is 2. The molecule has 0 spiro atoms. The van der Waals surface area contributed by atoms with E-state index in [2.05, 4.69) is 15.8 Å². The first-order valence-corrected chi connectivity index (χ1v) is 8.11. The number of nitrogens with one attached hydrogen (secondary N) is 2. The van der Waals surface area contributed by atoms with E-state index in [1.807, 2.05) is 54.6 Å². The summed E-state index contributed by atoms with van der Waals surface area (Å²) < 4.78 is 10.8. The van der Waals surface area contributed by atoms with E-state index in [-0.39, 0.29) is 12.0 Å². The summed E-state index contributed by atoms with van der Waals surface area (Å²) in [6, 6.07) is 15.5. The van der Waals surface area contributed by atoms with Crippen LogP contribution in [0.1, 0.15) is 18.5 Å². The van der Waals surface area contributed by atoms with Crippen LogP contribution in [0.2, 0.25) is 0 Å². The Morgan fingerprint density at radius 1 is 1.20 bits per heavy atom. The van der Waals surface area contributed by atoms with Crippen molar-refractivity contribution in [1.82, 2.24) is 15.8 Å². The topological polar surface area (TPSA) is 76.4 Å². The minimum Gasteiger partial charge on any atom is -0.461 e. The van der Waals surface area contributed by atoms with Gasteiger partial charge in [-0.1, -0.05) is 24.3 Å². The summed E-state index contributed by atoms with van der Waals surface area (Å²) in [5, 5.41) is 0. The van der Waals surface area contributed by atoms with Gasteiger partial charge in [-0.3, -0.25) is 0 Å². The van der Waals surface area contributed by atoms with Gasteiger partial charge in [-0.05, 0) is 42.8 Å². The van der Waals surface area contributed by atoms with Crippen molar-refractivity contribution in [1.29, 1.82) is 0 Å². The van der Waals surface area contributed by atoms with Crippen molar-refractivity contribution < 1.29 is 13.9 Å². The number of hydrogen-bond acceptors (Lipinski definition) is 6. The van der Waals surface area contributed by atoms with Gasteiger partial charge < -0.3 is 14.6 Å². The van der Waals surface area contributed by atoms with Crippen molar-refractivity contribution >= 4 is 17.1 Å². The normalized spacial score (nSPS) is 16.5. The fourth-order valence-electron chi connectivity index (χ4n) is 2.74. The predicted octanol–water partition coefficient (Wildman–Crippen LogP) is 3.09. The zero-order chi connectivity index (χ0) is 17.2. The molecular formula is C19H17N3O3.